The SMILES string of the molecule is O=C(O)CCCC(=O)c1cc2c(cc1Br)NC(=O)C2. The molecule has 2 rings (SSSR count). The molecule has 1 aromatic carbocycles. The monoisotopic (exact) mass is 325 g/mol. The van der Waals surface area contributed by atoms with E-state index >= 15 is 0 Å². The van der Waals surface area contributed by atoms with Crippen LogP contribution in [0.5, 0.6) is 0 Å². The molecule has 0 radical (unpaired) electrons. The fourth-order valence-corrected chi connectivity index (χ4v) is 2.56. The Hall–Kier alpha value is -1.69. The minimum absolute atomic E-state index is 0.0195. The topological polar surface area (TPSA) is 83.5 Å². The first-order valence-corrected chi connectivity index (χ1v) is 6.64. The molecule has 1 aromatic rings. The maximum atomic E-state index is 12.0. The number of benzene rings is 1. The number of carboxylic acids is 1. The number of hydrogen-bond donors (Lipinski definition) is 2. The Bertz CT molecular complexity index is 568. The number of Topliss-reactive ketones (excluding diaryl/α,β-unsaturated/α-hetero) is 1. The van der Waals surface area contributed by atoms with E-state index in [-0.39, 0.29) is 31.0 Å². The zero-order valence-electron chi connectivity index (χ0n) is 10.0. The number of ketones is 1. The van der Waals surface area contributed by atoms with Crippen LogP contribution in [0.3, 0.4) is 0 Å². The molecule has 0 bridgehead atoms. The summed E-state index contributed by atoms with van der Waals surface area (Å²) in [6, 6.07) is 3.41. The first-order chi connectivity index (χ1) is 8.97. The highest BCUT2D eigenvalue weighted by Gasteiger charge is 2.21. The molecule has 0 aromatic heterocycles. The number of rotatable bonds is 5. The summed E-state index contributed by atoms with van der Waals surface area (Å²) in [5.74, 6) is -1.11. The number of aliphatic carboxylic acids is 1. The lowest BCUT2D eigenvalue weighted by molar-refractivity contribution is -0.137. The van der Waals surface area contributed by atoms with Gasteiger partial charge in [0.1, 0.15) is 0 Å². The van der Waals surface area contributed by atoms with Crippen molar-refractivity contribution >= 4 is 39.3 Å². The molecule has 5 nitrogen and oxygen atoms in total. The molecule has 2 N–H and O–H groups in total. The summed E-state index contributed by atoms with van der Waals surface area (Å²) in [5.41, 5.74) is 2.02. The number of carbonyl (C=O) groups is 3. The second-order valence-corrected chi connectivity index (χ2v) is 5.24. The van der Waals surface area contributed by atoms with Crippen LogP contribution in [0.2, 0.25) is 0 Å². The van der Waals surface area contributed by atoms with Crippen LogP contribution in [0.25, 0.3) is 0 Å². The van der Waals surface area contributed by atoms with Crippen LogP contribution in [-0.4, -0.2) is 22.8 Å². The van der Waals surface area contributed by atoms with Gasteiger partial charge in [-0.15, -0.1) is 0 Å². The first-order valence-electron chi connectivity index (χ1n) is 5.84. The highest BCUT2D eigenvalue weighted by atomic mass is 79.9. The molecule has 1 aliphatic heterocycles. The van der Waals surface area contributed by atoms with Gasteiger partial charge in [-0.2, -0.15) is 0 Å². The summed E-state index contributed by atoms with van der Waals surface area (Å²) in [7, 11) is 0. The molecule has 0 aliphatic carbocycles. The standard InChI is InChI=1S/C13H12BrNO4/c14-9-6-10-7(5-12(17)15-10)4-8(9)11(16)2-1-3-13(18)19/h4,6H,1-3,5H2,(H,15,17)(H,18,19). The van der Waals surface area contributed by atoms with E-state index < -0.39 is 5.97 Å². The fraction of sp³-hybridized carbons (Fsp3) is 0.308. The van der Waals surface area contributed by atoms with Crippen molar-refractivity contribution in [1.29, 1.82) is 0 Å². The number of carbonyl (C=O) groups excluding carboxylic acids is 2. The summed E-state index contributed by atoms with van der Waals surface area (Å²) < 4.78 is 0.619. The first kappa shape index (κ1) is 13.7. The number of carboxylic acid groups (broad SMARTS) is 1. The average molecular weight is 326 g/mol. The van der Waals surface area contributed by atoms with Gasteiger partial charge in [0.05, 0.1) is 6.42 Å². The van der Waals surface area contributed by atoms with Gasteiger partial charge in [0, 0.05) is 28.6 Å². The lowest BCUT2D eigenvalue weighted by atomic mass is 10.0. The van der Waals surface area contributed by atoms with Crippen molar-refractivity contribution in [3.8, 4) is 0 Å². The lowest BCUT2D eigenvalue weighted by Gasteiger charge is -2.06. The molecule has 100 valence electrons. The van der Waals surface area contributed by atoms with Gasteiger partial charge in [-0.3, -0.25) is 14.4 Å². The van der Waals surface area contributed by atoms with Gasteiger partial charge in [0.25, 0.3) is 0 Å². The Kier molecular flexibility index (Phi) is 3.99. The maximum Gasteiger partial charge on any atom is 0.303 e. The van der Waals surface area contributed by atoms with Crippen molar-refractivity contribution in [3.05, 3.63) is 27.7 Å². The van der Waals surface area contributed by atoms with Crippen molar-refractivity contribution in [1.82, 2.24) is 0 Å². The quantitative estimate of drug-likeness (QED) is 0.814. The Morgan fingerprint density at radius 1 is 1.32 bits per heavy atom. The number of halogens is 1. The Balaban J connectivity index is 2.12. The third kappa shape index (κ3) is 3.20. The largest absolute Gasteiger partial charge is 0.481 e. The molecular formula is C13H12BrNO4. The van der Waals surface area contributed by atoms with Crippen LogP contribution in [0.4, 0.5) is 5.69 Å². The van der Waals surface area contributed by atoms with Gasteiger partial charge in [-0.1, -0.05) is 0 Å². The second-order valence-electron chi connectivity index (χ2n) is 4.38. The average Bonchev–Trinajstić information content (AvgIpc) is 2.66. The van der Waals surface area contributed by atoms with E-state index in [0.717, 1.165) is 11.3 Å². The smallest absolute Gasteiger partial charge is 0.303 e. The molecule has 0 unspecified atom stereocenters. The molecule has 0 saturated carbocycles. The van der Waals surface area contributed by atoms with Gasteiger partial charge in [-0.05, 0) is 40.0 Å². The molecule has 6 heteroatoms. The fourth-order valence-electron chi connectivity index (χ4n) is 2.00. The van der Waals surface area contributed by atoms with Crippen molar-refractivity contribution in [2.45, 2.75) is 25.7 Å². The second kappa shape index (κ2) is 5.52. The van der Waals surface area contributed by atoms with Crippen molar-refractivity contribution < 1.29 is 19.5 Å². The molecular weight excluding hydrogens is 314 g/mol. The van der Waals surface area contributed by atoms with Crippen molar-refractivity contribution in [3.63, 3.8) is 0 Å². The Labute approximate surface area is 118 Å². The molecule has 0 atom stereocenters. The van der Waals surface area contributed by atoms with E-state index in [0.29, 0.717) is 16.5 Å². The normalized spacial score (nSPS) is 13.0. The number of fused-ring (bicyclic) bond motifs is 1. The van der Waals surface area contributed by atoms with E-state index in [4.69, 9.17) is 5.11 Å². The van der Waals surface area contributed by atoms with Crippen LogP contribution in [0, 0.1) is 0 Å². The van der Waals surface area contributed by atoms with E-state index in [1.54, 1.807) is 12.1 Å². The van der Waals surface area contributed by atoms with Crippen LogP contribution in [-0.2, 0) is 16.0 Å². The summed E-state index contributed by atoms with van der Waals surface area (Å²) in [6.45, 7) is 0. The predicted molar refractivity (Wildman–Crippen MR) is 72.3 cm³/mol. The van der Waals surface area contributed by atoms with E-state index in [2.05, 4.69) is 21.2 Å². The van der Waals surface area contributed by atoms with E-state index in [1.807, 2.05) is 0 Å². The molecule has 1 amide bonds. The number of hydrogen-bond acceptors (Lipinski definition) is 3. The van der Waals surface area contributed by atoms with Crippen LogP contribution in [0.15, 0.2) is 16.6 Å². The zero-order chi connectivity index (χ0) is 14.0. The summed E-state index contributed by atoms with van der Waals surface area (Å²) in [4.78, 5) is 33.7. The molecule has 0 saturated heterocycles. The predicted octanol–water partition coefficient (Wildman–Crippen LogP) is 2.38. The highest BCUT2D eigenvalue weighted by molar-refractivity contribution is 9.10. The molecule has 1 aliphatic rings. The maximum absolute atomic E-state index is 12.0. The molecule has 1 heterocycles. The third-order valence-electron chi connectivity index (χ3n) is 2.91. The van der Waals surface area contributed by atoms with Gasteiger partial charge >= 0.3 is 5.97 Å². The van der Waals surface area contributed by atoms with Crippen LogP contribution >= 0.6 is 15.9 Å². The van der Waals surface area contributed by atoms with Gasteiger partial charge in [0.2, 0.25) is 5.91 Å². The highest BCUT2D eigenvalue weighted by Crippen LogP contribution is 2.30. The van der Waals surface area contributed by atoms with Gasteiger partial charge in [-0.25, -0.2) is 0 Å². The number of amides is 1. The van der Waals surface area contributed by atoms with Crippen molar-refractivity contribution in [2.24, 2.45) is 0 Å². The Morgan fingerprint density at radius 3 is 2.74 bits per heavy atom. The van der Waals surface area contributed by atoms with Crippen LogP contribution < -0.4 is 5.32 Å². The van der Waals surface area contributed by atoms with Gasteiger partial charge < -0.3 is 10.4 Å². The van der Waals surface area contributed by atoms with Crippen LogP contribution in [0.1, 0.15) is 35.2 Å². The van der Waals surface area contributed by atoms with E-state index in [1.165, 1.54) is 0 Å². The summed E-state index contributed by atoms with van der Waals surface area (Å²) in [5, 5.41) is 11.2. The summed E-state index contributed by atoms with van der Waals surface area (Å²) in [6.07, 6.45) is 0.756. The Morgan fingerprint density at radius 2 is 2.05 bits per heavy atom. The minimum atomic E-state index is -0.907. The number of nitrogens with one attached hydrogen (secondary N) is 1. The van der Waals surface area contributed by atoms with E-state index in [9.17, 15) is 14.4 Å². The molecule has 0 fully saturated rings. The minimum Gasteiger partial charge on any atom is -0.481 e. The summed E-state index contributed by atoms with van der Waals surface area (Å²) >= 11 is 3.30. The molecule has 0 spiro atoms. The van der Waals surface area contributed by atoms with Crippen molar-refractivity contribution in [2.75, 3.05) is 5.32 Å². The number of anilines is 1. The zero-order valence-corrected chi connectivity index (χ0v) is 11.6. The third-order valence-corrected chi connectivity index (χ3v) is 3.57. The van der Waals surface area contributed by atoms with Gasteiger partial charge in [0.15, 0.2) is 5.78 Å². The lowest BCUT2D eigenvalue weighted by Crippen LogP contribution is -2.03. The molecule has 19 heavy (non-hydrogen) atoms.